The van der Waals surface area contributed by atoms with Crippen molar-refractivity contribution in [3.05, 3.63) is 52.9 Å². The molecule has 0 unspecified atom stereocenters. The van der Waals surface area contributed by atoms with Gasteiger partial charge in [0.15, 0.2) is 11.3 Å². The Kier molecular flexibility index (Phi) is 6.89. The van der Waals surface area contributed by atoms with E-state index in [9.17, 15) is 10.5 Å². The quantitative estimate of drug-likeness (QED) is 0.634. The first-order valence-electron chi connectivity index (χ1n) is 11.0. The van der Waals surface area contributed by atoms with Crippen LogP contribution in [0.15, 0.2) is 51.7 Å². The molecule has 0 atom stereocenters. The van der Waals surface area contributed by atoms with Crippen molar-refractivity contribution in [1.29, 1.82) is 10.5 Å². The van der Waals surface area contributed by atoms with Gasteiger partial charge in [-0.15, -0.1) is 0 Å². The molecule has 32 heavy (non-hydrogen) atoms. The number of ether oxygens (including phenoxy) is 2. The Balaban J connectivity index is 1.83. The van der Waals surface area contributed by atoms with E-state index in [1.165, 1.54) is 12.0 Å². The lowest BCUT2D eigenvalue weighted by molar-refractivity contribution is 0.0556. The van der Waals surface area contributed by atoms with Crippen LogP contribution in [0.3, 0.4) is 0 Å². The Hall–Kier alpha value is -3.55. The number of nitrogens with zero attached hydrogens (tertiary/aromatic N) is 4. The molecular formula is C25H26N4O3. The highest BCUT2D eigenvalue weighted by atomic mass is 16.5. The summed E-state index contributed by atoms with van der Waals surface area (Å²) in [5, 5.41) is 23.9. The predicted octanol–water partition coefficient (Wildman–Crippen LogP) is 4.70. The Morgan fingerprint density at radius 2 is 1.72 bits per heavy atom. The van der Waals surface area contributed by atoms with Gasteiger partial charge in [-0.2, -0.15) is 10.5 Å². The summed E-state index contributed by atoms with van der Waals surface area (Å²) >= 11 is 0. The standard InChI is InChI=1S/C25H26N4O3/c1-30-21-9-7-18(8-10-21)22-15-23(32-28-22)24(19-5-3-2-4-6-19)25(20(16-26)17-27)29-11-13-31-14-12-29/h7-10,15H,2-6,11-14H2,1H3. The Morgan fingerprint density at radius 3 is 2.34 bits per heavy atom. The average Bonchev–Trinajstić information content (AvgIpc) is 3.35. The Labute approximate surface area is 188 Å². The number of benzene rings is 1. The topological polar surface area (TPSA) is 95.3 Å². The molecule has 1 saturated heterocycles. The highest BCUT2D eigenvalue weighted by Gasteiger charge is 2.28. The van der Waals surface area contributed by atoms with Crippen LogP contribution in [0.2, 0.25) is 0 Å². The second-order valence-corrected chi connectivity index (χ2v) is 7.89. The summed E-state index contributed by atoms with van der Waals surface area (Å²) in [4.78, 5) is 2.08. The molecule has 7 nitrogen and oxygen atoms in total. The average molecular weight is 431 g/mol. The molecule has 0 radical (unpaired) electrons. The first-order valence-corrected chi connectivity index (χ1v) is 11.0. The smallest absolute Gasteiger partial charge is 0.169 e. The van der Waals surface area contributed by atoms with Gasteiger partial charge in [0.1, 0.15) is 23.6 Å². The van der Waals surface area contributed by atoms with Crippen molar-refractivity contribution in [2.75, 3.05) is 33.4 Å². The monoisotopic (exact) mass is 430 g/mol. The third kappa shape index (κ3) is 4.54. The van der Waals surface area contributed by atoms with Crippen molar-refractivity contribution in [3.8, 4) is 29.1 Å². The van der Waals surface area contributed by atoms with Crippen LogP contribution in [-0.4, -0.2) is 43.5 Å². The number of hydrogen-bond donors (Lipinski definition) is 0. The lowest BCUT2D eigenvalue weighted by Crippen LogP contribution is -2.36. The van der Waals surface area contributed by atoms with Crippen LogP contribution in [0.4, 0.5) is 0 Å². The molecule has 7 heteroatoms. The van der Waals surface area contributed by atoms with Gasteiger partial charge in [0.05, 0.1) is 26.0 Å². The summed E-state index contributed by atoms with van der Waals surface area (Å²) < 4.78 is 16.6. The Morgan fingerprint density at radius 1 is 1.03 bits per heavy atom. The van der Waals surface area contributed by atoms with Crippen LogP contribution in [0, 0.1) is 22.7 Å². The van der Waals surface area contributed by atoms with Crippen molar-refractivity contribution in [2.24, 2.45) is 0 Å². The molecule has 1 aliphatic carbocycles. The summed E-state index contributed by atoms with van der Waals surface area (Å²) in [6, 6.07) is 13.8. The van der Waals surface area contributed by atoms with Gasteiger partial charge in [0.25, 0.3) is 0 Å². The predicted molar refractivity (Wildman–Crippen MR) is 119 cm³/mol. The first kappa shape index (κ1) is 21.7. The molecule has 164 valence electrons. The van der Waals surface area contributed by atoms with Gasteiger partial charge in [-0.25, -0.2) is 0 Å². The van der Waals surface area contributed by atoms with Crippen LogP contribution in [0.5, 0.6) is 5.75 Å². The number of allylic oxidation sites excluding steroid dienone is 3. The van der Waals surface area contributed by atoms with Gasteiger partial charge in [-0.3, -0.25) is 0 Å². The zero-order valence-electron chi connectivity index (χ0n) is 18.3. The molecule has 1 aromatic carbocycles. The van der Waals surface area contributed by atoms with E-state index in [1.807, 2.05) is 30.3 Å². The number of morpholine rings is 1. The maximum Gasteiger partial charge on any atom is 0.169 e. The summed E-state index contributed by atoms with van der Waals surface area (Å²) in [7, 11) is 1.63. The third-order valence-corrected chi connectivity index (χ3v) is 5.98. The van der Waals surface area contributed by atoms with Crippen LogP contribution in [0.1, 0.15) is 37.9 Å². The molecule has 1 aromatic heterocycles. The largest absolute Gasteiger partial charge is 0.497 e. The van der Waals surface area contributed by atoms with Crippen molar-refractivity contribution < 1.29 is 14.0 Å². The molecule has 2 aliphatic rings. The van der Waals surface area contributed by atoms with Crippen molar-refractivity contribution >= 4 is 5.57 Å². The van der Waals surface area contributed by atoms with E-state index in [0.29, 0.717) is 43.5 Å². The zero-order chi connectivity index (χ0) is 22.3. The van der Waals surface area contributed by atoms with Gasteiger partial charge in [0, 0.05) is 30.3 Å². The SMILES string of the molecule is COc1ccc(-c2cc(C(=C3CCCCC3)C(=C(C#N)C#N)N3CCOCC3)on2)cc1. The summed E-state index contributed by atoms with van der Waals surface area (Å²) in [6.45, 7) is 2.37. The van der Waals surface area contributed by atoms with E-state index in [2.05, 4.69) is 22.2 Å². The second kappa shape index (κ2) is 10.2. The molecule has 2 fully saturated rings. The summed E-state index contributed by atoms with van der Waals surface area (Å²) in [6.07, 6.45) is 5.20. The minimum atomic E-state index is 0.0994. The van der Waals surface area contributed by atoms with Crippen LogP contribution in [-0.2, 0) is 4.74 Å². The maximum absolute atomic E-state index is 9.78. The number of rotatable bonds is 5. The molecular weight excluding hydrogens is 404 g/mol. The van der Waals surface area contributed by atoms with Gasteiger partial charge in [-0.05, 0) is 49.9 Å². The number of methoxy groups -OCH3 is 1. The number of hydrogen-bond acceptors (Lipinski definition) is 7. The maximum atomic E-state index is 9.78. The van der Waals surface area contributed by atoms with Crippen LogP contribution in [0.25, 0.3) is 16.8 Å². The summed E-state index contributed by atoms with van der Waals surface area (Å²) in [5.74, 6) is 1.37. The molecule has 2 heterocycles. The molecule has 0 bridgehead atoms. The number of aromatic nitrogens is 1. The molecule has 0 spiro atoms. The van der Waals surface area contributed by atoms with E-state index in [-0.39, 0.29) is 5.57 Å². The molecule has 1 saturated carbocycles. The van der Waals surface area contributed by atoms with E-state index in [0.717, 1.165) is 42.6 Å². The molecule has 0 amide bonds. The Bertz CT molecular complexity index is 1070. The van der Waals surface area contributed by atoms with Gasteiger partial charge in [0.2, 0.25) is 0 Å². The molecule has 4 rings (SSSR count). The van der Waals surface area contributed by atoms with Gasteiger partial charge in [-0.1, -0.05) is 17.2 Å². The minimum absolute atomic E-state index is 0.0994. The summed E-state index contributed by atoms with van der Waals surface area (Å²) in [5.41, 5.74) is 4.42. The van der Waals surface area contributed by atoms with E-state index in [1.54, 1.807) is 7.11 Å². The zero-order valence-corrected chi connectivity index (χ0v) is 18.3. The third-order valence-electron chi connectivity index (χ3n) is 5.98. The first-order chi connectivity index (χ1) is 15.7. The normalized spacial score (nSPS) is 16.1. The molecule has 2 aromatic rings. The van der Waals surface area contributed by atoms with Crippen LogP contribution >= 0.6 is 0 Å². The fourth-order valence-corrected chi connectivity index (χ4v) is 4.34. The van der Waals surface area contributed by atoms with Crippen LogP contribution < -0.4 is 4.74 Å². The fourth-order valence-electron chi connectivity index (χ4n) is 4.34. The van der Waals surface area contributed by atoms with E-state index in [4.69, 9.17) is 14.0 Å². The van der Waals surface area contributed by atoms with E-state index < -0.39 is 0 Å². The van der Waals surface area contributed by atoms with Crippen molar-refractivity contribution in [3.63, 3.8) is 0 Å². The highest BCUT2D eigenvalue weighted by Crippen LogP contribution is 2.39. The minimum Gasteiger partial charge on any atom is -0.497 e. The fraction of sp³-hybridized carbons (Fsp3) is 0.400. The van der Waals surface area contributed by atoms with E-state index >= 15 is 0 Å². The molecule has 0 N–H and O–H groups in total. The van der Waals surface area contributed by atoms with Crippen molar-refractivity contribution in [1.82, 2.24) is 10.1 Å². The number of nitriles is 2. The molecule has 1 aliphatic heterocycles. The van der Waals surface area contributed by atoms with Gasteiger partial charge < -0.3 is 18.9 Å². The second-order valence-electron chi connectivity index (χ2n) is 7.89. The van der Waals surface area contributed by atoms with Gasteiger partial charge >= 0.3 is 0 Å². The highest BCUT2D eigenvalue weighted by molar-refractivity contribution is 5.83. The lowest BCUT2D eigenvalue weighted by atomic mass is 9.87. The van der Waals surface area contributed by atoms with Crippen molar-refractivity contribution in [2.45, 2.75) is 32.1 Å². The lowest BCUT2D eigenvalue weighted by Gasteiger charge is -2.33.